The molecule has 4 rings (SSSR count). The van der Waals surface area contributed by atoms with Crippen molar-refractivity contribution >= 4 is 17.8 Å². The van der Waals surface area contributed by atoms with Crippen LogP contribution in [0.2, 0.25) is 0 Å². The smallest absolute Gasteiger partial charge is 0.343 e. The summed E-state index contributed by atoms with van der Waals surface area (Å²) >= 11 is 0. The fraction of sp³-hybridized carbons (Fsp3) is 0.0870. The van der Waals surface area contributed by atoms with E-state index in [1.807, 2.05) is 6.07 Å². The average molecular weight is 403 g/mol. The molecule has 30 heavy (non-hydrogen) atoms. The molecule has 0 saturated heterocycles. The Hall–Kier alpha value is -4.13. The van der Waals surface area contributed by atoms with Crippen LogP contribution in [0.25, 0.3) is 6.08 Å². The second-order valence-corrected chi connectivity index (χ2v) is 6.34. The molecule has 2 heterocycles. The second kappa shape index (κ2) is 8.08. The van der Waals surface area contributed by atoms with Gasteiger partial charge in [-0.3, -0.25) is 9.78 Å². The number of fused-ring (bicyclic) bond motifs is 1. The van der Waals surface area contributed by atoms with Crippen LogP contribution in [0.15, 0.2) is 66.7 Å². The highest BCUT2D eigenvalue weighted by molar-refractivity contribution is 6.14. The highest BCUT2D eigenvalue weighted by Crippen LogP contribution is 2.35. The molecule has 0 atom stereocenters. The summed E-state index contributed by atoms with van der Waals surface area (Å²) in [7, 11) is 3.00. The maximum Gasteiger partial charge on any atom is 0.343 e. The standard InChI is InChI=1S/C23H17NO6/c1-27-18-8-5-15(11-20(18)28-2)23(26)29-16-6-7-17-19(12-16)30-21(22(17)25)10-14-4-3-9-24-13-14/h3-13H,1-2H3/b21-10-. The lowest BCUT2D eigenvalue weighted by atomic mass is 10.1. The minimum atomic E-state index is -0.577. The highest BCUT2D eigenvalue weighted by Gasteiger charge is 2.28. The zero-order valence-corrected chi connectivity index (χ0v) is 16.2. The Morgan fingerprint density at radius 3 is 2.60 bits per heavy atom. The highest BCUT2D eigenvalue weighted by atomic mass is 16.5. The van der Waals surface area contributed by atoms with Crippen LogP contribution in [0.3, 0.4) is 0 Å². The van der Waals surface area contributed by atoms with E-state index in [1.54, 1.807) is 48.8 Å². The average Bonchev–Trinajstić information content (AvgIpc) is 3.08. The predicted octanol–water partition coefficient (Wildman–Crippen LogP) is 3.93. The van der Waals surface area contributed by atoms with Crippen LogP contribution in [-0.2, 0) is 0 Å². The summed E-state index contributed by atoms with van der Waals surface area (Å²) in [6.07, 6.45) is 4.89. The summed E-state index contributed by atoms with van der Waals surface area (Å²) in [5.74, 6) is 0.863. The number of ketones is 1. The molecular formula is C23H17NO6. The molecule has 0 unspecified atom stereocenters. The Bertz CT molecular complexity index is 1150. The molecule has 1 aliphatic heterocycles. The Morgan fingerprint density at radius 2 is 1.87 bits per heavy atom. The van der Waals surface area contributed by atoms with Gasteiger partial charge in [-0.05, 0) is 48.0 Å². The molecule has 1 aliphatic rings. The number of nitrogens with zero attached hydrogens (tertiary/aromatic N) is 1. The Morgan fingerprint density at radius 1 is 1.03 bits per heavy atom. The molecule has 7 nitrogen and oxygen atoms in total. The van der Waals surface area contributed by atoms with Crippen LogP contribution in [0.4, 0.5) is 0 Å². The summed E-state index contributed by atoms with van der Waals surface area (Å²) < 4.78 is 21.5. The molecule has 0 N–H and O–H groups in total. The second-order valence-electron chi connectivity index (χ2n) is 6.34. The first-order chi connectivity index (χ1) is 14.6. The van der Waals surface area contributed by atoms with Gasteiger partial charge in [-0.15, -0.1) is 0 Å². The zero-order valence-electron chi connectivity index (χ0n) is 16.2. The van der Waals surface area contributed by atoms with Gasteiger partial charge in [0.2, 0.25) is 5.78 Å². The van der Waals surface area contributed by atoms with Gasteiger partial charge in [-0.1, -0.05) is 6.07 Å². The SMILES string of the molecule is COc1ccc(C(=O)Oc2ccc3c(c2)O/C(=C\c2cccnc2)C3=O)cc1OC. The van der Waals surface area contributed by atoms with E-state index in [2.05, 4.69) is 4.98 Å². The van der Waals surface area contributed by atoms with E-state index in [0.717, 1.165) is 5.56 Å². The first-order valence-corrected chi connectivity index (χ1v) is 9.01. The third-order valence-corrected chi connectivity index (χ3v) is 4.45. The lowest BCUT2D eigenvalue weighted by molar-refractivity contribution is 0.0734. The molecule has 0 saturated carbocycles. The molecule has 150 valence electrons. The Balaban J connectivity index is 1.54. The van der Waals surface area contributed by atoms with Crippen LogP contribution >= 0.6 is 0 Å². The number of aromatic nitrogens is 1. The number of ether oxygens (including phenoxy) is 4. The predicted molar refractivity (Wildman–Crippen MR) is 108 cm³/mol. The van der Waals surface area contributed by atoms with Gasteiger partial charge < -0.3 is 18.9 Å². The number of hydrogen-bond acceptors (Lipinski definition) is 7. The third-order valence-electron chi connectivity index (χ3n) is 4.45. The lowest BCUT2D eigenvalue weighted by Gasteiger charge is -2.10. The molecule has 0 aliphatic carbocycles. The maximum atomic E-state index is 12.5. The van der Waals surface area contributed by atoms with E-state index in [1.165, 1.54) is 26.4 Å². The quantitative estimate of drug-likeness (QED) is 0.362. The minimum Gasteiger partial charge on any atom is -0.493 e. The van der Waals surface area contributed by atoms with Crippen molar-refractivity contribution in [3.8, 4) is 23.0 Å². The van der Waals surface area contributed by atoms with Crippen LogP contribution in [0.1, 0.15) is 26.3 Å². The zero-order chi connectivity index (χ0) is 21.1. The molecule has 0 radical (unpaired) electrons. The number of methoxy groups -OCH3 is 2. The van der Waals surface area contributed by atoms with Crippen molar-refractivity contribution in [3.63, 3.8) is 0 Å². The summed E-state index contributed by atoms with van der Waals surface area (Å²) in [6, 6.07) is 12.9. The van der Waals surface area contributed by atoms with Crippen molar-refractivity contribution in [1.29, 1.82) is 0 Å². The van der Waals surface area contributed by atoms with Crippen LogP contribution in [0, 0.1) is 0 Å². The van der Waals surface area contributed by atoms with Gasteiger partial charge in [0.05, 0.1) is 25.3 Å². The van der Waals surface area contributed by atoms with E-state index in [4.69, 9.17) is 18.9 Å². The number of hydrogen-bond donors (Lipinski definition) is 0. The van der Waals surface area contributed by atoms with E-state index >= 15 is 0 Å². The summed E-state index contributed by atoms with van der Waals surface area (Å²) in [6.45, 7) is 0. The summed E-state index contributed by atoms with van der Waals surface area (Å²) in [5.41, 5.74) is 1.44. The third kappa shape index (κ3) is 3.73. The molecule has 2 aromatic carbocycles. The number of pyridine rings is 1. The Kier molecular flexibility index (Phi) is 5.17. The monoisotopic (exact) mass is 403 g/mol. The number of allylic oxidation sites excluding steroid dienone is 1. The summed E-state index contributed by atoms with van der Waals surface area (Å²) in [4.78, 5) is 29.1. The van der Waals surface area contributed by atoms with Gasteiger partial charge in [0, 0.05) is 18.5 Å². The van der Waals surface area contributed by atoms with Crippen molar-refractivity contribution in [3.05, 3.63) is 83.4 Å². The topological polar surface area (TPSA) is 84.0 Å². The van der Waals surface area contributed by atoms with Gasteiger partial charge in [0.15, 0.2) is 17.3 Å². The van der Waals surface area contributed by atoms with E-state index in [-0.39, 0.29) is 17.3 Å². The van der Waals surface area contributed by atoms with E-state index in [0.29, 0.717) is 28.4 Å². The fourth-order valence-electron chi connectivity index (χ4n) is 2.97. The van der Waals surface area contributed by atoms with Crippen molar-refractivity contribution in [1.82, 2.24) is 4.98 Å². The largest absolute Gasteiger partial charge is 0.493 e. The lowest BCUT2D eigenvalue weighted by Crippen LogP contribution is -2.09. The van der Waals surface area contributed by atoms with E-state index < -0.39 is 5.97 Å². The van der Waals surface area contributed by atoms with Gasteiger partial charge in [-0.2, -0.15) is 0 Å². The number of benzene rings is 2. The van der Waals surface area contributed by atoms with Crippen molar-refractivity contribution in [2.45, 2.75) is 0 Å². The molecule has 7 heteroatoms. The molecule has 0 amide bonds. The number of esters is 1. The summed E-state index contributed by atoms with van der Waals surface area (Å²) in [5, 5.41) is 0. The van der Waals surface area contributed by atoms with Crippen molar-refractivity contribution in [2.24, 2.45) is 0 Å². The van der Waals surface area contributed by atoms with Crippen LogP contribution in [-0.4, -0.2) is 31.0 Å². The molecule has 1 aromatic heterocycles. The fourth-order valence-corrected chi connectivity index (χ4v) is 2.97. The molecular weight excluding hydrogens is 386 g/mol. The van der Waals surface area contributed by atoms with Crippen LogP contribution in [0.5, 0.6) is 23.0 Å². The first-order valence-electron chi connectivity index (χ1n) is 9.01. The number of carbonyl (C=O) groups is 2. The minimum absolute atomic E-state index is 0.182. The molecule has 0 fully saturated rings. The van der Waals surface area contributed by atoms with Gasteiger partial charge in [0.25, 0.3) is 0 Å². The maximum absolute atomic E-state index is 12.5. The molecule has 0 spiro atoms. The number of rotatable bonds is 5. The molecule has 3 aromatic rings. The van der Waals surface area contributed by atoms with Gasteiger partial charge in [0.1, 0.15) is 11.5 Å². The van der Waals surface area contributed by atoms with Crippen LogP contribution < -0.4 is 18.9 Å². The Labute approximate surface area is 172 Å². The number of carbonyl (C=O) groups excluding carboxylic acids is 2. The van der Waals surface area contributed by atoms with Gasteiger partial charge in [-0.25, -0.2) is 4.79 Å². The van der Waals surface area contributed by atoms with Crippen molar-refractivity contribution in [2.75, 3.05) is 14.2 Å². The normalized spacial score (nSPS) is 13.5. The van der Waals surface area contributed by atoms with Gasteiger partial charge >= 0.3 is 5.97 Å². The number of Topliss-reactive ketones (excluding diaryl/α,β-unsaturated/α-hetero) is 1. The first kappa shape index (κ1) is 19.2. The molecule has 0 bridgehead atoms. The van der Waals surface area contributed by atoms with E-state index in [9.17, 15) is 9.59 Å². The van der Waals surface area contributed by atoms with Crippen molar-refractivity contribution < 1.29 is 28.5 Å².